The van der Waals surface area contributed by atoms with Crippen molar-refractivity contribution in [2.24, 2.45) is 0 Å². The monoisotopic (exact) mass is 248 g/mol. The molecule has 0 saturated carbocycles. The quantitative estimate of drug-likeness (QED) is 0.803. The van der Waals surface area contributed by atoms with Gasteiger partial charge in [-0.3, -0.25) is 4.79 Å². The highest BCUT2D eigenvalue weighted by molar-refractivity contribution is 5.66. The van der Waals surface area contributed by atoms with Crippen LogP contribution in [0.1, 0.15) is 17.5 Å². The van der Waals surface area contributed by atoms with Crippen LogP contribution in [0, 0.1) is 0 Å². The van der Waals surface area contributed by atoms with E-state index in [-0.39, 0.29) is 6.42 Å². The third-order valence-electron chi connectivity index (χ3n) is 3.37. The number of fused-ring (bicyclic) bond motifs is 1. The number of benzene rings is 1. The van der Waals surface area contributed by atoms with Crippen LogP contribution in [0.5, 0.6) is 0 Å². The number of nitrogens with zero attached hydrogens (tertiary/aromatic N) is 1. The molecule has 2 rings (SSSR count). The number of hydrogen-bond donors (Lipinski definition) is 2. The number of rotatable bonds is 6. The Kier molecular flexibility index (Phi) is 4.20. The number of aliphatic carboxylic acids is 1. The fourth-order valence-electron chi connectivity index (χ4n) is 2.23. The molecule has 0 aromatic heterocycles. The first-order chi connectivity index (χ1) is 8.65. The minimum atomic E-state index is -0.731. The molecule has 1 aliphatic rings. The molecule has 0 fully saturated rings. The van der Waals surface area contributed by atoms with Gasteiger partial charge in [-0.2, -0.15) is 0 Å². The first kappa shape index (κ1) is 12.9. The molecule has 2 N–H and O–H groups in total. The second-order valence-electron chi connectivity index (χ2n) is 4.87. The van der Waals surface area contributed by atoms with Gasteiger partial charge in [0.2, 0.25) is 0 Å². The van der Waals surface area contributed by atoms with Gasteiger partial charge < -0.3 is 15.3 Å². The van der Waals surface area contributed by atoms with E-state index in [0.717, 1.165) is 25.9 Å². The van der Waals surface area contributed by atoms with Gasteiger partial charge in [-0.05, 0) is 37.1 Å². The molecule has 0 unspecified atom stereocenters. The Morgan fingerprint density at radius 2 is 2.28 bits per heavy atom. The van der Waals surface area contributed by atoms with E-state index in [1.807, 2.05) is 7.05 Å². The molecule has 4 nitrogen and oxygen atoms in total. The summed E-state index contributed by atoms with van der Waals surface area (Å²) in [6, 6.07) is 6.57. The summed E-state index contributed by atoms with van der Waals surface area (Å²) < 4.78 is 0. The lowest BCUT2D eigenvalue weighted by Gasteiger charge is -2.15. The van der Waals surface area contributed by atoms with Gasteiger partial charge in [0, 0.05) is 25.3 Å². The number of likely N-dealkylation sites (N-methyl/N-ethyl adjacent to an activating group) is 1. The summed E-state index contributed by atoms with van der Waals surface area (Å²) in [6.45, 7) is 2.55. The van der Waals surface area contributed by atoms with Crippen LogP contribution in [0.25, 0.3) is 0 Å². The SMILES string of the molecule is CN(CCC(=O)O)CCc1ccc2c(c1)CCN2. The Balaban J connectivity index is 1.81. The lowest BCUT2D eigenvalue weighted by molar-refractivity contribution is -0.137. The Bertz CT molecular complexity index is 432. The van der Waals surface area contributed by atoms with Crippen LogP contribution in [0.2, 0.25) is 0 Å². The van der Waals surface area contributed by atoms with Crippen LogP contribution in [0.3, 0.4) is 0 Å². The molecule has 18 heavy (non-hydrogen) atoms. The van der Waals surface area contributed by atoms with Gasteiger partial charge in [-0.15, -0.1) is 0 Å². The summed E-state index contributed by atoms with van der Waals surface area (Å²) in [7, 11) is 1.97. The van der Waals surface area contributed by atoms with Crippen LogP contribution in [-0.2, 0) is 17.6 Å². The van der Waals surface area contributed by atoms with Gasteiger partial charge in [0.25, 0.3) is 0 Å². The van der Waals surface area contributed by atoms with Gasteiger partial charge in [-0.1, -0.05) is 12.1 Å². The summed E-state index contributed by atoms with van der Waals surface area (Å²) >= 11 is 0. The third kappa shape index (κ3) is 3.47. The van der Waals surface area contributed by atoms with Crippen molar-refractivity contribution in [3.63, 3.8) is 0 Å². The van der Waals surface area contributed by atoms with Crippen molar-refractivity contribution in [3.8, 4) is 0 Å². The Labute approximate surface area is 108 Å². The van der Waals surface area contributed by atoms with E-state index in [1.54, 1.807) is 0 Å². The zero-order chi connectivity index (χ0) is 13.0. The number of nitrogens with one attached hydrogen (secondary N) is 1. The largest absolute Gasteiger partial charge is 0.481 e. The summed E-state index contributed by atoms with van der Waals surface area (Å²) in [4.78, 5) is 12.5. The molecule has 0 aliphatic carbocycles. The zero-order valence-electron chi connectivity index (χ0n) is 10.8. The molecule has 1 aromatic carbocycles. The summed E-state index contributed by atoms with van der Waals surface area (Å²) in [5, 5.41) is 12.0. The molecular formula is C14H20N2O2. The highest BCUT2D eigenvalue weighted by atomic mass is 16.4. The number of carbonyl (C=O) groups is 1. The second-order valence-corrected chi connectivity index (χ2v) is 4.87. The van der Waals surface area contributed by atoms with Gasteiger partial charge in [0.05, 0.1) is 6.42 Å². The first-order valence-electron chi connectivity index (χ1n) is 6.41. The average molecular weight is 248 g/mol. The minimum Gasteiger partial charge on any atom is -0.481 e. The Morgan fingerprint density at radius 1 is 1.44 bits per heavy atom. The molecule has 1 aliphatic heterocycles. The fourth-order valence-corrected chi connectivity index (χ4v) is 2.23. The molecular weight excluding hydrogens is 228 g/mol. The van der Waals surface area contributed by atoms with E-state index in [9.17, 15) is 4.79 Å². The van der Waals surface area contributed by atoms with Crippen LogP contribution in [0.4, 0.5) is 5.69 Å². The van der Waals surface area contributed by atoms with Crippen molar-refractivity contribution in [2.75, 3.05) is 32.0 Å². The highest BCUT2D eigenvalue weighted by Crippen LogP contribution is 2.23. The molecule has 4 heteroatoms. The van der Waals surface area contributed by atoms with E-state index in [0.29, 0.717) is 6.54 Å². The van der Waals surface area contributed by atoms with Gasteiger partial charge >= 0.3 is 5.97 Å². The predicted molar refractivity (Wildman–Crippen MR) is 72.1 cm³/mol. The van der Waals surface area contributed by atoms with Crippen LogP contribution < -0.4 is 5.32 Å². The standard InChI is InChI=1S/C14H20N2O2/c1-16(9-6-14(17)18)8-5-11-2-3-13-12(10-11)4-7-15-13/h2-3,10,15H,4-9H2,1H3,(H,17,18). The van der Waals surface area contributed by atoms with Crippen LogP contribution in [0.15, 0.2) is 18.2 Å². The van der Waals surface area contributed by atoms with Crippen molar-refractivity contribution in [1.82, 2.24) is 4.90 Å². The van der Waals surface area contributed by atoms with Crippen molar-refractivity contribution in [3.05, 3.63) is 29.3 Å². The highest BCUT2D eigenvalue weighted by Gasteiger charge is 2.10. The van der Waals surface area contributed by atoms with Crippen molar-refractivity contribution >= 4 is 11.7 Å². The maximum atomic E-state index is 10.5. The normalized spacial score (nSPS) is 13.4. The lowest BCUT2D eigenvalue weighted by atomic mass is 10.1. The summed E-state index contributed by atoms with van der Waals surface area (Å²) in [5.41, 5.74) is 4.00. The first-order valence-corrected chi connectivity index (χ1v) is 6.41. The summed E-state index contributed by atoms with van der Waals surface area (Å²) in [5.74, 6) is -0.731. The van der Waals surface area contributed by atoms with Crippen LogP contribution >= 0.6 is 0 Å². The number of anilines is 1. The topological polar surface area (TPSA) is 52.6 Å². The van der Waals surface area contributed by atoms with E-state index in [4.69, 9.17) is 5.11 Å². The molecule has 0 spiro atoms. The van der Waals surface area contributed by atoms with E-state index < -0.39 is 5.97 Å². The number of carboxylic acid groups (broad SMARTS) is 1. The minimum absolute atomic E-state index is 0.213. The van der Waals surface area contributed by atoms with Gasteiger partial charge in [-0.25, -0.2) is 0 Å². The summed E-state index contributed by atoms with van der Waals surface area (Å²) in [6.07, 6.45) is 2.30. The zero-order valence-corrected chi connectivity index (χ0v) is 10.8. The third-order valence-corrected chi connectivity index (χ3v) is 3.37. The van der Waals surface area contributed by atoms with E-state index in [2.05, 4.69) is 28.4 Å². The Morgan fingerprint density at radius 3 is 3.06 bits per heavy atom. The number of hydrogen-bond acceptors (Lipinski definition) is 3. The lowest BCUT2D eigenvalue weighted by Crippen LogP contribution is -2.24. The fraction of sp³-hybridized carbons (Fsp3) is 0.500. The molecule has 0 radical (unpaired) electrons. The molecule has 1 aromatic rings. The second kappa shape index (κ2) is 5.87. The van der Waals surface area contributed by atoms with Crippen molar-refractivity contribution in [1.29, 1.82) is 0 Å². The number of carboxylic acids is 1. The average Bonchev–Trinajstić information content (AvgIpc) is 2.81. The molecule has 98 valence electrons. The molecule has 0 atom stereocenters. The molecule has 0 bridgehead atoms. The van der Waals surface area contributed by atoms with Crippen LogP contribution in [-0.4, -0.2) is 42.7 Å². The predicted octanol–water partition coefficient (Wildman–Crippen LogP) is 1.60. The van der Waals surface area contributed by atoms with Crippen molar-refractivity contribution in [2.45, 2.75) is 19.3 Å². The van der Waals surface area contributed by atoms with E-state index in [1.165, 1.54) is 16.8 Å². The van der Waals surface area contributed by atoms with Crippen molar-refractivity contribution < 1.29 is 9.90 Å². The maximum absolute atomic E-state index is 10.5. The maximum Gasteiger partial charge on any atom is 0.304 e. The molecule has 0 saturated heterocycles. The Hall–Kier alpha value is -1.55. The van der Waals surface area contributed by atoms with Gasteiger partial charge in [0.1, 0.15) is 0 Å². The molecule has 0 amide bonds. The van der Waals surface area contributed by atoms with E-state index >= 15 is 0 Å². The van der Waals surface area contributed by atoms with Gasteiger partial charge in [0.15, 0.2) is 0 Å². The smallest absolute Gasteiger partial charge is 0.304 e. The molecule has 1 heterocycles.